The molecule has 1 atom stereocenters. The molecule has 2 N–H and O–H groups in total. The van der Waals surface area contributed by atoms with Crippen LogP contribution in [0, 0.1) is 6.92 Å². The maximum Gasteiger partial charge on any atom is 0.260 e. The predicted molar refractivity (Wildman–Crippen MR) is 77.2 cm³/mol. The Balaban J connectivity index is 2.77. The van der Waals surface area contributed by atoms with E-state index in [0.29, 0.717) is 18.8 Å². The van der Waals surface area contributed by atoms with Crippen molar-refractivity contribution in [1.29, 1.82) is 0 Å². The lowest BCUT2D eigenvalue weighted by Gasteiger charge is -2.20. The molecule has 1 rings (SSSR count). The van der Waals surface area contributed by atoms with Gasteiger partial charge in [0.2, 0.25) is 0 Å². The Morgan fingerprint density at radius 3 is 2.53 bits per heavy atom. The fraction of sp³-hybridized carbons (Fsp3) is 0.533. The summed E-state index contributed by atoms with van der Waals surface area (Å²) >= 11 is 0. The van der Waals surface area contributed by atoms with E-state index >= 15 is 0 Å². The summed E-state index contributed by atoms with van der Waals surface area (Å²) in [6, 6.07) is 5.77. The topological polar surface area (TPSA) is 55.6 Å². The molecule has 4 nitrogen and oxygen atoms in total. The van der Waals surface area contributed by atoms with Crippen molar-refractivity contribution in [3.8, 4) is 5.75 Å². The van der Waals surface area contributed by atoms with E-state index in [4.69, 9.17) is 10.5 Å². The lowest BCUT2D eigenvalue weighted by Crippen LogP contribution is -2.34. The van der Waals surface area contributed by atoms with Crippen LogP contribution in [0.25, 0.3) is 0 Å². The molecule has 0 heterocycles. The minimum Gasteiger partial charge on any atom is -0.483 e. The minimum absolute atomic E-state index is 0.00197. The summed E-state index contributed by atoms with van der Waals surface area (Å²) in [6.45, 7) is 9.28. The van der Waals surface area contributed by atoms with E-state index in [-0.39, 0.29) is 18.6 Å². The van der Waals surface area contributed by atoms with Crippen LogP contribution in [0.5, 0.6) is 5.75 Å². The van der Waals surface area contributed by atoms with Gasteiger partial charge in [0.15, 0.2) is 6.61 Å². The van der Waals surface area contributed by atoms with E-state index in [1.807, 2.05) is 45.9 Å². The van der Waals surface area contributed by atoms with Crippen LogP contribution in [0.15, 0.2) is 18.2 Å². The molecule has 0 fully saturated rings. The Kier molecular flexibility index (Phi) is 5.83. The van der Waals surface area contributed by atoms with Crippen molar-refractivity contribution in [2.24, 2.45) is 5.73 Å². The highest BCUT2D eigenvalue weighted by Gasteiger charge is 2.13. The Bertz CT molecular complexity index is 426. The number of hydrogen-bond acceptors (Lipinski definition) is 3. The first-order valence-corrected chi connectivity index (χ1v) is 6.76. The third kappa shape index (κ3) is 4.24. The highest BCUT2D eigenvalue weighted by molar-refractivity contribution is 5.77. The van der Waals surface area contributed by atoms with Crippen molar-refractivity contribution < 1.29 is 9.53 Å². The van der Waals surface area contributed by atoms with Crippen LogP contribution in [0.3, 0.4) is 0 Å². The molecular weight excluding hydrogens is 240 g/mol. The third-order valence-electron chi connectivity index (χ3n) is 3.13. The molecule has 0 saturated heterocycles. The van der Waals surface area contributed by atoms with Crippen molar-refractivity contribution in [1.82, 2.24) is 4.90 Å². The minimum atomic E-state index is -0.112. The number of hydrogen-bond donors (Lipinski definition) is 1. The number of nitrogens with zero attached hydrogens (tertiary/aromatic N) is 1. The van der Waals surface area contributed by atoms with Crippen LogP contribution in [0.4, 0.5) is 0 Å². The van der Waals surface area contributed by atoms with Gasteiger partial charge in [0.05, 0.1) is 0 Å². The fourth-order valence-electron chi connectivity index (χ4n) is 1.95. The zero-order valence-electron chi connectivity index (χ0n) is 12.3. The molecule has 0 saturated carbocycles. The normalized spacial score (nSPS) is 12.1. The molecule has 0 bridgehead atoms. The summed E-state index contributed by atoms with van der Waals surface area (Å²) in [5.41, 5.74) is 7.93. The maximum atomic E-state index is 11.9. The predicted octanol–water partition coefficient (Wildman–Crippen LogP) is 2.26. The first-order valence-electron chi connectivity index (χ1n) is 6.76. The molecule has 0 aliphatic rings. The molecular formula is C15H24N2O2. The Morgan fingerprint density at radius 2 is 2.00 bits per heavy atom. The molecule has 1 aromatic carbocycles. The average Bonchev–Trinajstić information content (AvgIpc) is 2.37. The van der Waals surface area contributed by atoms with Gasteiger partial charge in [-0.15, -0.1) is 0 Å². The molecule has 4 heteroatoms. The number of carbonyl (C=O) groups is 1. The van der Waals surface area contributed by atoms with Gasteiger partial charge in [0.1, 0.15) is 5.75 Å². The average molecular weight is 264 g/mol. The van der Waals surface area contributed by atoms with Crippen molar-refractivity contribution in [2.75, 3.05) is 19.7 Å². The van der Waals surface area contributed by atoms with Gasteiger partial charge < -0.3 is 15.4 Å². The zero-order valence-corrected chi connectivity index (χ0v) is 12.3. The molecule has 0 aliphatic heterocycles. The van der Waals surface area contributed by atoms with Crippen molar-refractivity contribution in [2.45, 2.75) is 33.7 Å². The van der Waals surface area contributed by atoms with Gasteiger partial charge in [-0.05, 0) is 39.3 Å². The molecule has 19 heavy (non-hydrogen) atoms. The van der Waals surface area contributed by atoms with Crippen molar-refractivity contribution >= 4 is 5.91 Å². The van der Waals surface area contributed by atoms with Crippen LogP contribution in [0.2, 0.25) is 0 Å². The van der Waals surface area contributed by atoms with E-state index in [1.54, 1.807) is 4.90 Å². The third-order valence-corrected chi connectivity index (χ3v) is 3.13. The summed E-state index contributed by atoms with van der Waals surface area (Å²) in [7, 11) is 0. The molecule has 1 aromatic rings. The SMILES string of the molecule is CCN(CC)C(=O)COc1cc(C)ccc1[C@@H](C)N. The van der Waals surface area contributed by atoms with Gasteiger partial charge in [-0.25, -0.2) is 0 Å². The van der Waals surface area contributed by atoms with E-state index in [1.165, 1.54) is 0 Å². The standard InChI is InChI=1S/C15H24N2O2/c1-5-17(6-2)15(18)10-19-14-9-11(3)7-8-13(14)12(4)16/h7-9,12H,5-6,10,16H2,1-4H3/t12-/m1/s1. The van der Waals surface area contributed by atoms with Crippen molar-refractivity contribution in [3.05, 3.63) is 29.3 Å². The van der Waals surface area contributed by atoms with E-state index < -0.39 is 0 Å². The number of carbonyl (C=O) groups excluding carboxylic acids is 1. The Labute approximate surface area is 115 Å². The van der Waals surface area contributed by atoms with Crippen LogP contribution in [0.1, 0.15) is 37.9 Å². The summed E-state index contributed by atoms with van der Waals surface area (Å²) in [5.74, 6) is 0.706. The van der Waals surface area contributed by atoms with Crippen LogP contribution >= 0.6 is 0 Å². The van der Waals surface area contributed by atoms with E-state index in [9.17, 15) is 4.79 Å². The van der Waals surface area contributed by atoms with Gasteiger partial charge in [-0.3, -0.25) is 4.79 Å². The first-order chi connectivity index (χ1) is 8.99. The second-order valence-electron chi connectivity index (χ2n) is 4.68. The number of benzene rings is 1. The van der Waals surface area contributed by atoms with Crippen LogP contribution < -0.4 is 10.5 Å². The van der Waals surface area contributed by atoms with Gasteiger partial charge in [0.25, 0.3) is 5.91 Å². The maximum absolute atomic E-state index is 11.9. The molecule has 0 radical (unpaired) electrons. The number of likely N-dealkylation sites (N-methyl/N-ethyl adjacent to an activating group) is 1. The largest absolute Gasteiger partial charge is 0.483 e. The van der Waals surface area contributed by atoms with Crippen LogP contribution in [-0.4, -0.2) is 30.5 Å². The summed E-state index contributed by atoms with van der Waals surface area (Å²) in [4.78, 5) is 13.7. The number of aryl methyl sites for hydroxylation is 1. The molecule has 1 amide bonds. The molecule has 0 aliphatic carbocycles. The molecule has 106 valence electrons. The fourth-order valence-corrected chi connectivity index (χ4v) is 1.95. The lowest BCUT2D eigenvalue weighted by atomic mass is 10.1. The van der Waals surface area contributed by atoms with Crippen molar-refractivity contribution in [3.63, 3.8) is 0 Å². The highest BCUT2D eigenvalue weighted by Crippen LogP contribution is 2.25. The van der Waals surface area contributed by atoms with Crippen LogP contribution in [-0.2, 0) is 4.79 Å². The van der Waals surface area contributed by atoms with Gasteiger partial charge in [-0.2, -0.15) is 0 Å². The van der Waals surface area contributed by atoms with E-state index in [0.717, 1.165) is 11.1 Å². The lowest BCUT2D eigenvalue weighted by molar-refractivity contribution is -0.132. The van der Waals surface area contributed by atoms with Gasteiger partial charge in [-0.1, -0.05) is 12.1 Å². The smallest absolute Gasteiger partial charge is 0.260 e. The second-order valence-corrected chi connectivity index (χ2v) is 4.68. The number of nitrogens with two attached hydrogens (primary N) is 1. The van der Waals surface area contributed by atoms with Gasteiger partial charge >= 0.3 is 0 Å². The number of ether oxygens (including phenoxy) is 1. The molecule has 0 spiro atoms. The second kappa shape index (κ2) is 7.14. The quantitative estimate of drug-likeness (QED) is 0.857. The monoisotopic (exact) mass is 264 g/mol. The number of amides is 1. The van der Waals surface area contributed by atoms with Gasteiger partial charge in [0, 0.05) is 24.7 Å². The number of rotatable bonds is 6. The summed E-state index contributed by atoms with van der Waals surface area (Å²) in [5, 5.41) is 0. The Hall–Kier alpha value is -1.55. The Morgan fingerprint density at radius 1 is 1.37 bits per heavy atom. The van der Waals surface area contributed by atoms with E-state index in [2.05, 4.69) is 0 Å². The summed E-state index contributed by atoms with van der Waals surface area (Å²) in [6.07, 6.45) is 0. The zero-order chi connectivity index (χ0) is 14.4. The molecule has 0 aromatic heterocycles. The highest BCUT2D eigenvalue weighted by atomic mass is 16.5. The first kappa shape index (κ1) is 15.5. The molecule has 0 unspecified atom stereocenters. The summed E-state index contributed by atoms with van der Waals surface area (Å²) < 4.78 is 5.65.